The van der Waals surface area contributed by atoms with Crippen molar-refractivity contribution in [2.45, 2.75) is 13.5 Å². The second kappa shape index (κ2) is 9.13. The first-order chi connectivity index (χ1) is 12.2. The first kappa shape index (κ1) is 18.1. The van der Waals surface area contributed by atoms with E-state index in [1.54, 1.807) is 30.5 Å². The van der Waals surface area contributed by atoms with E-state index in [4.69, 9.17) is 19.5 Å². The number of pyridine rings is 1. The molecular weight excluding hydrogens is 322 g/mol. The molecule has 0 bridgehead atoms. The van der Waals surface area contributed by atoms with Crippen molar-refractivity contribution in [2.24, 2.45) is 0 Å². The molecule has 130 valence electrons. The van der Waals surface area contributed by atoms with Gasteiger partial charge in [0.1, 0.15) is 0 Å². The molecule has 0 aliphatic carbocycles. The van der Waals surface area contributed by atoms with Crippen molar-refractivity contribution in [1.29, 1.82) is 5.26 Å². The average molecular weight is 341 g/mol. The van der Waals surface area contributed by atoms with Crippen LogP contribution in [0.4, 0.5) is 0 Å². The van der Waals surface area contributed by atoms with Gasteiger partial charge in [0.15, 0.2) is 18.1 Å². The van der Waals surface area contributed by atoms with Crippen LogP contribution in [0.3, 0.4) is 0 Å². The molecule has 0 unspecified atom stereocenters. The van der Waals surface area contributed by atoms with Gasteiger partial charge in [-0.2, -0.15) is 5.26 Å². The first-order valence-corrected chi connectivity index (χ1v) is 7.72. The van der Waals surface area contributed by atoms with Crippen molar-refractivity contribution in [3.63, 3.8) is 0 Å². The maximum absolute atomic E-state index is 12.0. The number of aromatic nitrogens is 1. The van der Waals surface area contributed by atoms with Crippen LogP contribution < -0.4 is 19.5 Å². The van der Waals surface area contributed by atoms with Crippen molar-refractivity contribution in [3.05, 3.63) is 47.7 Å². The van der Waals surface area contributed by atoms with Crippen LogP contribution in [-0.2, 0) is 11.3 Å². The van der Waals surface area contributed by atoms with Gasteiger partial charge in [-0.25, -0.2) is 4.98 Å². The highest BCUT2D eigenvalue weighted by molar-refractivity contribution is 5.77. The molecule has 0 aliphatic heterocycles. The lowest BCUT2D eigenvalue weighted by Gasteiger charge is -2.12. The molecule has 25 heavy (non-hydrogen) atoms. The monoisotopic (exact) mass is 341 g/mol. The molecule has 0 saturated heterocycles. The molecule has 0 radical (unpaired) electrons. The van der Waals surface area contributed by atoms with E-state index >= 15 is 0 Å². The van der Waals surface area contributed by atoms with Gasteiger partial charge >= 0.3 is 0 Å². The number of ether oxygens (including phenoxy) is 3. The summed E-state index contributed by atoms with van der Waals surface area (Å²) in [6.07, 6.45) is 1.62. The molecule has 7 heteroatoms. The SMILES string of the molecule is CCOc1cc(C#N)ccc1OCC(=O)NCc1cccnc1OC. The van der Waals surface area contributed by atoms with Gasteiger partial charge in [-0.1, -0.05) is 6.07 Å². The van der Waals surface area contributed by atoms with Crippen molar-refractivity contribution in [1.82, 2.24) is 10.3 Å². The lowest BCUT2D eigenvalue weighted by Crippen LogP contribution is -2.28. The number of rotatable bonds is 8. The topological polar surface area (TPSA) is 93.5 Å². The van der Waals surface area contributed by atoms with Crippen LogP contribution in [0, 0.1) is 11.3 Å². The third kappa shape index (κ3) is 5.11. The third-order valence-corrected chi connectivity index (χ3v) is 3.25. The van der Waals surface area contributed by atoms with Gasteiger partial charge in [-0.05, 0) is 25.1 Å². The summed E-state index contributed by atoms with van der Waals surface area (Å²) in [5.74, 6) is 1.02. The number of benzene rings is 1. The van der Waals surface area contributed by atoms with E-state index in [2.05, 4.69) is 10.3 Å². The van der Waals surface area contributed by atoms with Gasteiger partial charge in [0.05, 0.1) is 25.3 Å². The predicted molar refractivity (Wildman–Crippen MR) is 90.5 cm³/mol. The van der Waals surface area contributed by atoms with Gasteiger partial charge in [0, 0.05) is 24.4 Å². The quantitative estimate of drug-likeness (QED) is 0.790. The number of methoxy groups -OCH3 is 1. The maximum atomic E-state index is 12.0. The van der Waals surface area contributed by atoms with Crippen LogP contribution >= 0.6 is 0 Å². The zero-order valence-electron chi connectivity index (χ0n) is 14.1. The summed E-state index contributed by atoms with van der Waals surface area (Å²) in [5, 5.41) is 11.7. The number of hydrogen-bond acceptors (Lipinski definition) is 6. The van der Waals surface area contributed by atoms with E-state index in [1.807, 2.05) is 19.1 Å². The minimum atomic E-state index is -0.294. The standard InChI is InChI=1S/C18H19N3O4/c1-3-24-16-9-13(10-19)6-7-15(16)25-12-17(22)21-11-14-5-4-8-20-18(14)23-2/h4-9H,3,11-12H2,1-2H3,(H,21,22). The zero-order chi connectivity index (χ0) is 18.1. The average Bonchev–Trinajstić information content (AvgIpc) is 2.65. The lowest BCUT2D eigenvalue weighted by atomic mass is 10.2. The number of hydrogen-bond donors (Lipinski definition) is 1. The van der Waals surface area contributed by atoms with E-state index in [0.29, 0.717) is 29.5 Å². The fraction of sp³-hybridized carbons (Fsp3) is 0.278. The molecule has 0 spiro atoms. The molecule has 1 aromatic heterocycles. The largest absolute Gasteiger partial charge is 0.490 e. The molecule has 0 atom stereocenters. The number of nitrogens with one attached hydrogen (secondary N) is 1. The highest BCUT2D eigenvalue weighted by atomic mass is 16.5. The van der Waals surface area contributed by atoms with Crippen molar-refractivity contribution >= 4 is 5.91 Å². The van der Waals surface area contributed by atoms with Crippen LogP contribution in [0.5, 0.6) is 17.4 Å². The molecule has 1 N–H and O–H groups in total. The molecule has 1 amide bonds. The summed E-state index contributed by atoms with van der Waals surface area (Å²) in [4.78, 5) is 16.1. The Morgan fingerprint density at radius 1 is 1.28 bits per heavy atom. The van der Waals surface area contributed by atoms with Crippen molar-refractivity contribution in [3.8, 4) is 23.4 Å². The van der Waals surface area contributed by atoms with Crippen LogP contribution in [0.25, 0.3) is 0 Å². The minimum Gasteiger partial charge on any atom is -0.490 e. The van der Waals surface area contributed by atoms with Crippen LogP contribution in [0.15, 0.2) is 36.5 Å². The van der Waals surface area contributed by atoms with Gasteiger partial charge < -0.3 is 19.5 Å². The minimum absolute atomic E-state index is 0.172. The normalized spacial score (nSPS) is 9.80. The summed E-state index contributed by atoms with van der Waals surface area (Å²) < 4.78 is 16.1. The Kier molecular flexibility index (Phi) is 6.60. The lowest BCUT2D eigenvalue weighted by molar-refractivity contribution is -0.123. The molecule has 0 saturated carbocycles. The summed E-state index contributed by atoms with van der Waals surface area (Å²) in [7, 11) is 1.52. The Hall–Kier alpha value is -3.27. The highest BCUT2D eigenvalue weighted by Gasteiger charge is 2.10. The Morgan fingerprint density at radius 3 is 2.84 bits per heavy atom. The van der Waals surface area contributed by atoms with E-state index in [9.17, 15) is 4.79 Å². The van der Waals surface area contributed by atoms with Gasteiger partial charge in [0.2, 0.25) is 5.88 Å². The Morgan fingerprint density at radius 2 is 2.12 bits per heavy atom. The van der Waals surface area contributed by atoms with Crippen molar-refractivity contribution in [2.75, 3.05) is 20.3 Å². The molecule has 2 aromatic rings. The number of nitriles is 1. The van der Waals surface area contributed by atoms with Gasteiger partial charge in [-0.15, -0.1) is 0 Å². The molecule has 1 heterocycles. The van der Waals surface area contributed by atoms with E-state index in [0.717, 1.165) is 5.56 Å². The van der Waals surface area contributed by atoms with Gasteiger partial charge in [-0.3, -0.25) is 4.79 Å². The fourth-order valence-electron chi connectivity index (χ4n) is 2.10. The van der Waals surface area contributed by atoms with E-state index in [-0.39, 0.29) is 19.1 Å². The number of nitrogens with zero attached hydrogens (tertiary/aromatic N) is 2. The van der Waals surface area contributed by atoms with Crippen LogP contribution in [0.1, 0.15) is 18.1 Å². The predicted octanol–water partition coefficient (Wildman–Crippen LogP) is 2.06. The molecule has 0 aliphatic rings. The third-order valence-electron chi connectivity index (χ3n) is 3.25. The van der Waals surface area contributed by atoms with E-state index in [1.165, 1.54) is 7.11 Å². The second-order valence-corrected chi connectivity index (χ2v) is 4.94. The highest BCUT2D eigenvalue weighted by Crippen LogP contribution is 2.28. The van der Waals surface area contributed by atoms with Crippen molar-refractivity contribution < 1.29 is 19.0 Å². The smallest absolute Gasteiger partial charge is 0.258 e. The van der Waals surface area contributed by atoms with E-state index < -0.39 is 0 Å². The molecular formula is C18H19N3O4. The fourth-order valence-corrected chi connectivity index (χ4v) is 2.10. The van der Waals surface area contributed by atoms with Crippen LogP contribution in [-0.4, -0.2) is 31.2 Å². The number of carbonyl (C=O) groups is 1. The first-order valence-electron chi connectivity index (χ1n) is 7.72. The molecule has 7 nitrogen and oxygen atoms in total. The zero-order valence-corrected chi connectivity index (χ0v) is 14.1. The molecule has 2 rings (SSSR count). The maximum Gasteiger partial charge on any atom is 0.258 e. The Balaban J connectivity index is 1.93. The number of amides is 1. The Bertz CT molecular complexity index is 771. The second-order valence-electron chi connectivity index (χ2n) is 4.94. The summed E-state index contributed by atoms with van der Waals surface area (Å²) in [6.45, 7) is 2.37. The molecule has 0 fully saturated rings. The molecule has 1 aromatic carbocycles. The van der Waals surface area contributed by atoms with Crippen LogP contribution in [0.2, 0.25) is 0 Å². The number of carbonyl (C=O) groups excluding carboxylic acids is 1. The van der Waals surface area contributed by atoms with Gasteiger partial charge in [0.25, 0.3) is 5.91 Å². The summed E-state index contributed by atoms with van der Waals surface area (Å²) in [6, 6.07) is 10.4. The Labute approximate surface area is 146 Å². The summed E-state index contributed by atoms with van der Waals surface area (Å²) >= 11 is 0. The summed E-state index contributed by atoms with van der Waals surface area (Å²) in [5.41, 5.74) is 1.23.